The largest absolute Gasteiger partial charge is 0.467 e. The Bertz CT molecular complexity index is 1190. The van der Waals surface area contributed by atoms with Gasteiger partial charge in [0.1, 0.15) is 10.9 Å². The van der Waals surface area contributed by atoms with Crippen LogP contribution in [-0.2, 0) is 17.8 Å². The van der Waals surface area contributed by atoms with Gasteiger partial charge in [-0.1, -0.05) is 29.8 Å². The molecule has 3 N–H and O–H groups in total. The van der Waals surface area contributed by atoms with Crippen LogP contribution in [0.3, 0.4) is 0 Å². The lowest BCUT2D eigenvalue weighted by Crippen LogP contribution is -2.43. The van der Waals surface area contributed by atoms with E-state index < -0.39 is 6.04 Å². The summed E-state index contributed by atoms with van der Waals surface area (Å²) in [5.74, 6) is 0.691. The second-order valence-corrected chi connectivity index (χ2v) is 8.79. The number of likely N-dealkylation sites (N-methyl/N-ethyl adjacent to an activating group) is 1. The molecule has 4 aromatic rings. The fraction of sp³-hybridized carbons (Fsp3) is 0.217. The summed E-state index contributed by atoms with van der Waals surface area (Å²) >= 11 is 7.86. The highest BCUT2D eigenvalue weighted by Gasteiger charge is 2.23. The van der Waals surface area contributed by atoms with Crippen molar-refractivity contribution in [3.05, 3.63) is 76.1 Å². The molecule has 1 atom stereocenters. The number of aromatic nitrogens is 1. The number of nitrogens with one attached hydrogen (secondary N) is 1. The first kappa shape index (κ1) is 21.4. The van der Waals surface area contributed by atoms with Crippen LogP contribution in [-0.4, -0.2) is 24.0 Å². The zero-order valence-electron chi connectivity index (χ0n) is 17.3. The number of anilines is 2. The number of pyridine rings is 1. The molecule has 0 fully saturated rings. The van der Waals surface area contributed by atoms with Crippen molar-refractivity contribution < 1.29 is 9.21 Å². The van der Waals surface area contributed by atoms with Gasteiger partial charge in [-0.25, -0.2) is 4.98 Å². The Kier molecular flexibility index (Phi) is 6.27. The van der Waals surface area contributed by atoms with Crippen molar-refractivity contribution in [2.75, 3.05) is 17.3 Å². The van der Waals surface area contributed by atoms with Gasteiger partial charge in [-0.2, -0.15) is 0 Å². The number of thiophene rings is 1. The van der Waals surface area contributed by atoms with Crippen molar-refractivity contribution in [2.45, 2.75) is 25.9 Å². The van der Waals surface area contributed by atoms with E-state index in [1.807, 2.05) is 49.4 Å². The van der Waals surface area contributed by atoms with Crippen LogP contribution in [0.2, 0.25) is 5.15 Å². The van der Waals surface area contributed by atoms with E-state index in [0.29, 0.717) is 18.1 Å². The van der Waals surface area contributed by atoms with Crippen molar-refractivity contribution in [2.24, 2.45) is 5.73 Å². The number of carbonyl (C=O) groups excluding carboxylic acids is 1. The first-order valence-electron chi connectivity index (χ1n) is 9.87. The fourth-order valence-corrected chi connectivity index (χ4v) is 4.92. The molecule has 160 valence electrons. The van der Waals surface area contributed by atoms with Gasteiger partial charge in [-0.15, -0.1) is 11.3 Å². The van der Waals surface area contributed by atoms with Crippen LogP contribution >= 0.6 is 22.9 Å². The van der Waals surface area contributed by atoms with E-state index in [-0.39, 0.29) is 5.91 Å². The molecular formula is C23H23ClN4O2S. The zero-order chi connectivity index (χ0) is 22.0. The molecule has 3 aromatic heterocycles. The fourth-order valence-electron chi connectivity index (χ4n) is 3.43. The standard InChI is InChI=1S/C23H23ClN4O2S/c1-14-19(11-17(25)23(29)28(2)15-7-4-3-5-8-15)31-22-18(12-20(24)27-21(14)22)26-13-16-9-6-10-30-16/h3-10,12,17H,11,13,25H2,1-2H3,(H,26,27)/t17-/m1/s1. The summed E-state index contributed by atoms with van der Waals surface area (Å²) in [5.41, 5.74) is 9.82. The van der Waals surface area contributed by atoms with Gasteiger partial charge in [0.05, 0.1) is 34.8 Å². The lowest BCUT2D eigenvalue weighted by molar-refractivity contribution is -0.119. The Balaban J connectivity index is 1.57. The van der Waals surface area contributed by atoms with Gasteiger partial charge < -0.3 is 20.4 Å². The van der Waals surface area contributed by atoms with Gasteiger partial charge in [-0.3, -0.25) is 4.79 Å². The van der Waals surface area contributed by atoms with E-state index in [1.54, 1.807) is 35.6 Å². The second kappa shape index (κ2) is 9.09. The molecule has 0 aliphatic rings. The average molecular weight is 455 g/mol. The summed E-state index contributed by atoms with van der Waals surface area (Å²) in [4.78, 5) is 20.0. The SMILES string of the molecule is Cc1c(C[C@@H](N)C(=O)N(C)c2ccccc2)sc2c(NCc3ccco3)cc(Cl)nc12. The smallest absolute Gasteiger partial charge is 0.244 e. The molecule has 4 rings (SSSR count). The minimum atomic E-state index is -0.660. The number of furan rings is 1. The maximum absolute atomic E-state index is 12.9. The van der Waals surface area contributed by atoms with Crippen LogP contribution in [0.25, 0.3) is 10.2 Å². The number of nitrogens with zero attached hydrogens (tertiary/aromatic N) is 2. The molecule has 0 aliphatic carbocycles. The molecule has 0 unspecified atom stereocenters. The van der Waals surface area contributed by atoms with E-state index in [1.165, 1.54) is 0 Å². The first-order valence-corrected chi connectivity index (χ1v) is 11.1. The summed E-state index contributed by atoms with van der Waals surface area (Å²) in [6.45, 7) is 2.53. The van der Waals surface area contributed by atoms with Gasteiger partial charge in [-0.05, 0) is 36.8 Å². The van der Waals surface area contributed by atoms with E-state index in [2.05, 4.69) is 10.3 Å². The highest BCUT2D eigenvalue weighted by Crippen LogP contribution is 2.37. The van der Waals surface area contributed by atoms with Crippen molar-refractivity contribution in [1.82, 2.24) is 4.98 Å². The molecule has 0 aliphatic heterocycles. The van der Waals surface area contributed by atoms with Gasteiger partial charge in [0.15, 0.2) is 0 Å². The van der Waals surface area contributed by atoms with Crippen molar-refractivity contribution in [1.29, 1.82) is 0 Å². The maximum Gasteiger partial charge on any atom is 0.244 e. The summed E-state index contributed by atoms with van der Waals surface area (Å²) in [6, 6.07) is 14.4. The summed E-state index contributed by atoms with van der Waals surface area (Å²) in [7, 11) is 1.74. The number of amides is 1. The van der Waals surface area contributed by atoms with Crippen molar-refractivity contribution in [3.63, 3.8) is 0 Å². The van der Waals surface area contributed by atoms with Gasteiger partial charge >= 0.3 is 0 Å². The van der Waals surface area contributed by atoms with Crippen LogP contribution in [0.4, 0.5) is 11.4 Å². The predicted molar refractivity (Wildman–Crippen MR) is 127 cm³/mol. The quantitative estimate of drug-likeness (QED) is 0.384. The molecular weight excluding hydrogens is 432 g/mol. The molecule has 1 aromatic carbocycles. The molecule has 0 spiro atoms. The Morgan fingerprint density at radius 3 is 2.77 bits per heavy atom. The maximum atomic E-state index is 12.9. The number of rotatable bonds is 7. The van der Waals surface area contributed by atoms with Crippen LogP contribution in [0, 0.1) is 6.92 Å². The number of hydrogen-bond acceptors (Lipinski definition) is 6. The average Bonchev–Trinajstić information content (AvgIpc) is 3.40. The van der Waals surface area contributed by atoms with E-state index in [0.717, 1.165) is 37.8 Å². The van der Waals surface area contributed by atoms with Gasteiger partial charge in [0.25, 0.3) is 0 Å². The monoisotopic (exact) mass is 454 g/mol. The van der Waals surface area contributed by atoms with E-state index in [4.69, 9.17) is 21.8 Å². The lowest BCUT2D eigenvalue weighted by atomic mass is 10.1. The number of halogens is 1. The molecule has 31 heavy (non-hydrogen) atoms. The Morgan fingerprint density at radius 2 is 2.06 bits per heavy atom. The number of carbonyl (C=O) groups is 1. The highest BCUT2D eigenvalue weighted by molar-refractivity contribution is 7.19. The highest BCUT2D eigenvalue weighted by atomic mass is 35.5. The molecule has 1 amide bonds. The van der Waals surface area contributed by atoms with Gasteiger partial charge in [0.2, 0.25) is 5.91 Å². The Hall–Kier alpha value is -2.87. The summed E-state index contributed by atoms with van der Waals surface area (Å²) in [6.07, 6.45) is 2.07. The predicted octanol–water partition coefficient (Wildman–Crippen LogP) is 5.00. The number of aryl methyl sites for hydroxylation is 1. The topological polar surface area (TPSA) is 84.4 Å². The van der Waals surface area contributed by atoms with Gasteiger partial charge in [0, 0.05) is 30.1 Å². The van der Waals surface area contributed by atoms with Crippen molar-refractivity contribution >= 4 is 50.4 Å². The van der Waals surface area contributed by atoms with E-state index in [9.17, 15) is 4.79 Å². The molecule has 3 heterocycles. The number of nitrogens with two attached hydrogens (primary N) is 1. The van der Waals surface area contributed by atoms with Crippen LogP contribution < -0.4 is 16.0 Å². The Morgan fingerprint density at radius 1 is 1.29 bits per heavy atom. The number of hydrogen-bond donors (Lipinski definition) is 2. The van der Waals surface area contributed by atoms with Crippen LogP contribution in [0.1, 0.15) is 16.2 Å². The summed E-state index contributed by atoms with van der Waals surface area (Å²) in [5, 5.41) is 3.78. The third-order valence-corrected chi connectivity index (χ3v) is 6.70. The normalized spacial score (nSPS) is 12.1. The third-order valence-electron chi connectivity index (χ3n) is 5.17. The Labute approximate surface area is 189 Å². The number of para-hydroxylation sites is 1. The van der Waals surface area contributed by atoms with Crippen LogP contribution in [0.5, 0.6) is 0 Å². The molecule has 0 radical (unpaired) electrons. The number of fused-ring (bicyclic) bond motifs is 1. The first-order chi connectivity index (χ1) is 14.9. The van der Waals surface area contributed by atoms with E-state index >= 15 is 0 Å². The second-order valence-electron chi connectivity index (χ2n) is 7.30. The molecule has 6 nitrogen and oxygen atoms in total. The molecule has 0 bridgehead atoms. The molecule has 8 heteroatoms. The minimum absolute atomic E-state index is 0.134. The lowest BCUT2D eigenvalue weighted by Gasteiger charge is -2.21. The zero-order valence-corrected chi connectivity index (χ0v) is 18.8. The summed E-state index contributed by atoms with van der Waals surface area (Å²) < 4.78 is 6.38. The molecule has 0 saturated heterocycles. The van der Waals surface area contributed by atoms with Crippen molar-refractivity contribution in [3.8, 4) is 0 Å². The van der Waals surface area contributed by atoms with Crippen LogP contribution in [0.15, 0.2) is 59.2 Å². The minimum Gasteiger partial charge on any atom is -0.467 e. The number of benzene rings is 1. The third kappa shape index (κ3) is 4.58. The molecule has 0 saturated carbocycles.